The van der Waals surface area contributed by atoms with E-state index in [1.54, 1.807) is 30.3 Å². The first kappa shape index (κ1) is 18.8. The molecule has 0 unspecified atom stereocenters. The number of Topliss-reactive ketones (excluding diaryl/α,β-unsaturated/α-hetero) is 1. The molecule has 0 aliphatic heterocycles. The van der Waals surface area contributed by atoms with Crippen molar-refractivity contribution in [3.8, 4) is 0 Å². The van der Waals surface area contributed by atoms with Crippen LogP contribution in [-0.4, -0.2) is 29.8 Å². The first-order valence-corrected chi connectivity index (χ1v) is 8.89. The van der Waals surface area contributed by atoms with Crippen LogP contribution in [0.25, 0.3) is 0 Å². The number of ether oxygens (including phenoxy) is 1. The maximum atomic E-state index is 12.4. The van der Waals surface area contributed by atoms with Crippen LogP contribution in [0.5, 0.6) is 0 Å². The first-order valence-electron chi connectivity index (χ1n) is 8.89. The molecular weight excluding hydrogens is 344 g/mol. The molecule has 1 atom stereocenters. The van der Waals surface area contributed by atoms with Crippen molar-refractivity contribution in [1.29, 1.82) is 0 Å². The molecule has 6 nitrogen and oxygen atoms in total. The lowest BCUT2D eigenvalue weighted by atomic mass is 9.93. The fourth-order valence-electron chi connectivity index (χ4n) is 3.24. The molecule has 0 radical (unpaired) electrons. The summed E-state index contributed by atoms with van der Waals surface area (Å²) in [7, 11) is 1.33. The monoisotopic (exact) mass is 366 g/mol. The number of carbonyl (C=O) groups is 3. The summed E-state index contributed by atoms with van der Waals surface area (Å²) in [6.07, 6.45) is 1.99. The third kappa shape index (κ3) is 3.89. The molecule has 2 aromatic rings. The molecule has 1 aliphatic rings. The average molecular weight is 366 g/mol. The van der Waals surface area contributed by atoms with E-state index in [4.69, 9.17) is 0 Å². The van der Waals surface area contributed by atoms with Crippen molar-refractivity contribution in [2.45, 2.75) is 32.7 Å². The molecule has 0 saturated heterocycles. The Balaban J connectivity index is 1.68. The van der Waals surface area contributed by atoms with Gasteiger partial charge in [0.1, 0.15) is 0 Å². The highest BCUT2D eigenvalue weighted by Crippen LogP contribution is 2.36. The fraction of sp³-hybridized carbons (Fsp3) is 0.333. The zero-order valence-electron chi connectivity index (χ0n) is 15.6. The number of nitrogens with zero attached hydrogens (tertiary/aromatic N) is 1. The van der Waals surface area contributed by atoms with Crippen molar-refractivity contribution in [1.82, 2.24) is 10.3 Å². The van der Waals surface area contributed by atoms with Crippen molar-refractivity contribution in [3.05, 3.63) is 64.5 Å². The molecule has 1 aliphatic carbocycles. The summed E-state index contributed by atoms with van der Waals surface area (Å²) in [5.41, 5.74) is 3.03. The molecule has 1 aromatic carbocycles. The lowest BCUT2D eigenvalue weighted by Crippen LogP contribution is -2.23. The molecule has 1 N–H and O–H groups in total. The Bertz CT molecular complexity index is 888. The highest BCUT2D eigenvalue weighted by Gasteiger charge is 2.33. The molecule has 140 valence electrons. The fourth-order valence-corrected chi connectivity index (χ4v) is 3.24. The van der Waals surface area contributed by atoms with E-state index in [0.717, 1.165) is 11.3 Å². The average Bonchev–Trinajstić information content (AvgIpc) is 3.02. The Hall–Kier alpha value is -3.02. The predicted molar refractivity (Wildman–Crippen MR) is 99.7 cm³/mol. The van der Waals surface area contributed by atoms with Gasteiger partial charge in [0.25, 0.3) is 5.91 Å². The molecule has 3 rings (SSSR count). The van der Waals surface area contributed by atoms with Crippen LogP contribution in [0.2, 0.25) is 0 Å². The van der Waals surface area contributed by atoms with Gasteiger partial charge in [0, 0.05) is 30.6 Å². The second kappa shape index (κ2) is 7.70. The SMILES string of the molecule is COC(=O)c1ccc(CNC(=O)c2cnc3c(c2)C(=O)C[C@H]3C(C)C)cc1. The van der Waals surface area contributed by atoms with E-state index in [9.17, 15) is 14.4 Å². The standard InChI is InChI=1S/C21H22N2O4/c1-12(2)16-9-18(24)17-8-15(11-22-19(16)17)20(25)23-10-13-4-6-14(7-5-13)21(26)27-3/h4-8,11-12,16H,9-10H2,1-3H3,(H,23,25)/t16-/m0/s1. The van der Waals surface area contributed by atoms with Crippen molar-refractivity contribution < 1.29 is 19.1 Å². The molecular formula is C21H22N2O4. The normalized spacial score (nSPS) is 15.6. The molecule has 0 spiro atoms. The van der Waals surface area contributed by atoms with Gasteiger partial charge < -0.3 is 10.1 Å². The minimum absolute atomic E-state index is 0.0456. The summed E-state index contributed by atoms with van der Waals surface area (Å²) in [5.74, 6) is -0.195. The quantitative estimate of drug-likeness (QED) is 0.822. The predicted octanol–water partition coefficient (Wildman–Crippen LogP) is 3.12. The lowest BCUT2D eigenvalue weighted by molar-refractivity contribution is 0.0600. The van der Waals surface area contributed by atoms with Gasteiger partial charge in [-0.3, -0.25) is 14.6 Å². The van der Waals surface area contributed by atoms with E-state index in [1.165, 1.54) is 13.3 Å². The topological polar surface area (TPSA) is 85.4 Å². The number of esters is 1. The van der Waals surface area contributed by atoms with Crippen LogP contribution in [0.15, 0.2) is 36.5 Å². The third-order valence-corrected chi connectivity index (χ3v) is 4.87. The summed E-state index contributed by atoms with van der Waals surface area (Å²) in [5, 5.41) is 2.81. The van der Waals surface area contributed by atoms with E-state index in [0.29, 0.717) is 35.6 Å². The van der Waals surface area contributed by atoms with Crippen LogP contribution in [0.1, 0.15) is 68.5 Å². The van der Waals surface area contributed by atoms with Gasteiger partial charge in [0.05, 0.1) is 23.9 Å². The number of hydrogen-bond donors (Lipinski definition) is 1. The van der Waals surface area contributed by atoms with Gasteiger partial charge in [-0.05, 0) is 29.7 Å². The van der Waals surface area contributed by atoms with E-state index in [2.05, 4.69) is 28.9 Å². The Morgan fingerprint density at radius 3 is 2.56 bits per heavy atom. The minimum Gasteiger partial charge on any atom is -0.465 e. The van der Waals surface area contributed by atoms with Crippen molar-refractivity contribution in [3.63, 3.8) is 0 Å². The summed E-state index contributed by atoms with van der Waals surface area (Å²) in [4.78, 5) is 40.5. The Morgan fingerprint density at radius 1 is 1.22 bits per heavy atom. The Kier molecular flexibility index (Phi) is 5.35. The van der Waals surface area contributed by atoms with Crippen LogP contribution in [0.4, 0.5) is 0 Å². The van der Waals surface area contributed by atoms with Crippen LogP contribution >= 0.6 is 0 Å². The van der Waals surface area contributed by atoms with E-state index in [1.807, 2.05) is 0 Å². The molecule has 0 saturated carbocycles. The Morgan fingerprint density at radius 2 is 1.93 bits per heavy atom. The maximum Gasteiger partial charge on any atom is 0.337 e. The van der Waals surface area contributed by atoms with Gasteiger partial charge in [-0.2, -0.15) is 0 Å². The minimum atomic E-state index is -0.404. The van der Waals surface area contributed by atoms with Crippen molar-refractivity contribution in [2.75, 3.05) is 7.11 Å². The zero-order valence-corrected chi connectivity index (χ0v) is 15.6. The number of hydrogen-bond acceptors (Lipinski definition) is 5. The molecule has 1 amide bonds. The van der Waals surface area contributed by atoms with Gasteiger partial charge in [-0.15, -0.1) is 0 Å². The number of amides is 1. The van der Waals surface area contributed by atoms with Crippen molar-refractivity contribution >= 4 is 17.7 Å². The summed E-state index contributed by atoms with van der Waals surface area (Å²) in [6.45, 7) is 4.45. The first-order chi connectivity index (χ1) is 12.9. The number of fused-ring (bicyclic) bond motifs is 1. The smallest absolute Gasteiger partial charge is 0.337 e. The number of pyridine rings is 1. The van der Waals surface area contributed by atoms with Crippen LogP contribution < -0.4 is 5.32 Å². The third-order valence-electron chi connectivity index (χ3n) is 4.87. The van der Waals surface area contributed by atoms with Crippen LogP contribution in [0.3, 0.4) is 0 Å². The molecule has 27 heavy (non-hydrogen) atoms. The summed E-state index contributed by atoms with van der Waals surface area (Å²) in [6, 6.07) is 8.45. The summed E-state index contributed by atoms with van der Waals surface area (Å²) >= 11 is 0. The van der Waals surface area contributed by atoms with Crippen LogP contribution in [0, 0.1) is 5.92 Å². The number of aromatic nitrogens is 1. The lowest BCUT2D eigenvalue weighted by Gasteiger charge is -2.13. The number of benzene rings is 1. The summed E-state index contributed by atoms with van der Waals surface area (Å²) < 4.78 is 4.66. The highest BCUT2D eigenvalue weighted by molar-refractivity contribution is 6.03. The van der Waals surface area contributed by atoms with Gasteiger partial charge in [-0.1, -0.05) is 26.0 Å². The van der Waals surface area contributed by atoms with E-state index < -0.39 is 5.97 Å². The number of methoxy groups -OCH3 is 1. The second-order valence-corrected chi connectivity index (χ2v) is 7.01. The molecule has 6 heteroatoms. The largest absolute Gasteiger partial charge is 0.465 e. The van der Waals surface area contributed by atoms with Crippen molar-refractivity contribution in [2.24, 2.45) is 5.92 Å². The number of nitrogens with one attached hydrogen (secondary N) is 1. The number of carbonyl (C=O) groups excluding carboxylic acids is 3. The second-order valence-electron chi connectivity index (χ2n) is 7.01. The number of ketones is 1. The molecule has 0 fully saturated rings. The van der Waals surface area contributed by atoms with E-state index >= 15 is 0 Å². The van der Waals surface area contributed by atoms with Gasteiger partial charge in [0.2, 0.25) is 0 Å². The van der Waals surface area contributed by atoms with Gasteiger partial charge >= 0.3 is 5.97 Å². The zero-order chi connectivity index (χ0) is 19.6. The molecule has 1 aromatic heterocycles. The van der Waals surface area contributed by atoms with Gasteiger partial charge in [-0.25, -0.2) is 4.79 Å². The number of rotatable bonds is 5. The Labute approximate surface area is 157 Å². The van der Waals surface area contributed by atoms with Gasteiger partial charge in [0.15, 0.2) is 5.78 Å². The van der Waals surface area contributed by atoms with Crippen LogP contribution in [-0.2, 0) is 11.3 Å². The van der Waals surface area contributed by atoms with E-state index in [-0.39, 0.29) is 17.6 Å². The molecule has 1 heterocycles. The molecule has 0 bridgehead atoms. The highest BCUT2D eigenvalue weighted by atomic mass is 16.5. The maximum absolute atomic E-state index is 12.4.